The molecule has 0 radical (unpaired) electrons. The van der Waals surface area contributed by atoms with Crippen molar-refractivity contribution in [3.63, 3.8) is 0 Å². The second kappa shape index (κ2) is 14.1. The summed E-state index contributed by atoms with van der Waals surface area (Å²) in [6.07, 6.45) is 3.74. The molecular weight excluding hydrogens is 631 g/mol. The lowest BCUT2D eigenvalue weighted by atomic mass is 9.87. The maximum Gasteiger partial charge on any atom is 0.306 e. The normalized spacial score (nSPS) is 26.6. The molecule has 3 fully saturated rings. The number of fused-ring (bicyclic) bond motifs is 1. The third-order valence-electron chi connectivity index (χ3n) is 10.2. The molecule has 2 aromatic carbocycles. The summed E-state index contributed by atoms with van der Waals surface area (Å²) in [6, 6.07) is 11.3. The molecule has 6 rings (SSSR count). The van der Waals surface area contributed by atoms with Crippen molar-refractivity contribution in [3.8, 4) is 0 Å². The summed E-state index contributed by atoms with van der Waals surface area (Å²) >= 11 is 13.4. The lowest BCUT2D eigenvalue weighted by Gasteiger charge is -2.42. The standard InChI is InChI=1S/C34H42Cl2N4O6/c1-38-18-27(26-5-3-4-6-31(26)38)33(42)37-30-14-28(35)21(11-29(30)36)12-32(41)40-15-22(39-16-25(17-39)45-2)13-23(40)19-46-24-9-7-20(8-10-24)34(43)44/h3-6,11,14,20,22-25,27H,7-10,12-13,15-19H2,1-2H3,(H,37,42)(H,43,44)/t20-,22-,23-,24-,27?/m0/s1. The van der Waals surface area contributed by atoms with Crippen LogP contribution in [0.5, 0.6) is 0 Å². The number of aliphatic carboxylic acids is 1. The summed E-state index contributed by atoms with van der Waals surface area (Å²) < 4.78 is 11.8. The zero-order valence-corrected chi connectivity index (χ0v) is 27.8. The molecule has 1 unspecified atom stereocenters. The average molecular weight is 674 g/mol. The van der Waals surface area contributed by atoms with E-state index in [1.807, 2.05) is 36.2 Å². The van der Waals surface area contributed by atoms with Gasteiger partial charge in [0.25, 0.3) is 0 Å². The number of rotatable bonds is 10. The van der Waals surface area contributed by atoms with E-state index in [0.29, 0.717) is 66.7 Å². The topological polar surface area (TPSA) is 112 Å². The number of carbonyl (C=O) groups excluding carboxylic acids is 2. The molecule has 3 heterocycles. The first-order chi connectivity index (χ1) is 22.1. The van der Waals surface area contributed by atoms with Crippen molar-refractivity contribution < 1.29 is 29.0 Å². The van der Waals surface area contributed by atoms with Gasteiger partial charge in [0.1, 0.15) is 0 Å². The van der Waals surface area contributed by atoms with Crippen LogP contribution in [-0.2, 0) is 30.3 Å². The highest BCUT2D eigenvalue weighted by atomic mass is 35.5. The number of para-hydroxylation sites is 1. The fourth-order valence-corrected chi connectivity index (χ4v) is 7.85. The van der Waals surface area contributed by atoms with Crippen molar-refractivity contribution in [3.05, 3.63) is 57.6 Å². The molecule has 0 bridgehead atoms. The monoisotopic (exact) mass is 672 g/mol. The molecule has 1 saturated carbocycles. The molecule has 2 amide bonds. The summed E-state index contributed by atoms with van der Waals surface area (Å²) in [5.74, 6) is -1.60. The van der Waals surface area contributed by atoms with Crippen LogP contribution >= 0.6 is 23.2 Å². The number of benzene rings is 2. The van der Waals surface area contributed by atoms with Crippen LogP contribution < -0.4 is 10.2 Å². The van der Waals surface area contributed by atoms with Crippen LogP contribution in [0.3, 0.4) is 0 Å². The summed E-state index contributed by atoms with van der Waals surface area (Å²) in [6.45, 7) is 3.25. The molecular formula is C34H42Cl2N4O6. The van der Waals surface area contributed by atoms with Crippen molar-refractivity contribution in [1.29, 1.82) is 0 Å². The first-order valence-corrected chi connectivity index (χ1v) is 16.9. The van der Waals surface area contributed by atoms with Crippen LogP contribution in [-0.4, -0.2) is 104 Å². The van der Waals surface area contributed by atoms with Gasteiger partial charge in [0.05, 0.1) is 53.8 Å². The Morgan fingerprint density at radius 2 is 1.72 bits per heavy atom. The van der Waals surface area contributed by atoms with Crippen LogP contribution in [0.25, 0.3) is 0 Å². The Bertz CT molecular complexity index is 1460. The fourth-order valence-electron chi connectivity index (χ4n) is 7.39. The molecule has 2 N–H and O–H groups in total. The van der Waals surface area contributed by atoms with Gasteiger partial charge in [-0.15, -0.1) is 0 Å². The number of likely N-dealkylation sites (N-methyl/N-ethyl adjacent to an activating group) is 1. The minimum Gasteiger partial charge on any atom is -0.481 e. The van der Waals surface area contributed by atoms with Crippen molar-refractivity contribution in [2.75, 3.05) is 57.2 Å². The van der Waals surface area contributed by atoms with Crippen LogP contribution in [0.15, 0.2) is 36.4 Å². The zero-order chi connectivity index (χ0) is 32.5. The summed E-state index contributed by atoms with van der Waals surface area (Å²) in [5.41, 5.74) is 3.01. The molecule has 3 atom stereocenters. The molecule has 2 saturated heterocycles. The van der Waals surface area contributed by atoms with Crippen molar-refractivity contribution in [2.45, 2.75) is 68.7 Å². The molecule has 46 heavy (non-hydrogen) atoms. The third-order valence-corrected chi connectivity index (χ3v) is 10.9. The maximum absolute atomic E-state index is 13.8. The Labute approximate surface area is 279 Å². The highest BCUT2D eigenvalue weighted by Crippen LogP contribution is 2.37. The van der Waals surface area contributed by atoms with E-state index < -0.39 is 5.97 Å². The van der Waals surface area contributed by atoms with E-state index in [9.17, 15) is 19.5 Å². The number of amides is 2. The molecule has 12 heteroatoms. The van der Waals surface area contributed by atoms with Gasteiger partial charge in [0.2, 0.25) is 11.8 Å². The Morgan fingerprint density at radius 1 is 0.978 bits per heavy atom. The number of carbonyl (C=O) groups is 3. The molecule has 0 spiro atoms. The Hall–Kier alpha value is -2.89. The molecule has 4 aliphatic rings. The lowest BCUT2D eigenvalue weighted by Crippen LogP contribution is -2.56. The summed E-state index contributed by atoms with van der Waals surface area (Å²) in [4.78, 5) is 44.8. The number of carboxylic acids is 1. The van der Waals surface area contributed by atoms with Gasteiger partial charge in [-0.2, -0.15) is 0 Å². The minimum atomic E-state index is -0.737. The number of hydrogen-bond donors (Lipinski definition) is 2. The number of carboxylic acid groups (broad SMARTS) is 1. The largest absolute Gasteiger partial charge is 0.481 e. The molecule has 3 aliphatic heterocycles. The zero-order valence-electron chi connectivity index (χ0n) is 26.3. The van der Waals surface area contributed by atoms with Gasteiger partial charge < -0.3 is 29.7 Å². The number of likely N-dealkylation sites (tertiary alicyclic amines) is 2. The Balaban J connectivity index is 1.10. The van der Waals surface area contributed by atoms with Gasteiger partial charge >= 0.3 is 5.97 Å². The van der Waals surface area contributed by atoms with E-state index in [1.54, 1.807) is 19.2 Å². The number of hydrogen-bond acceptors (Lipinski definition) is 7. The van der Waals surface area contributed by atoms with Gasteiger partial charge in [-0.25, -0.2) is 0 Å². The van der Waals surface area contributed by atoms with Crippen molar-refractivity contribution in [1.82, 2.24) is 9.80 Å². The van der Waals surface area contributed by atoms with Crippen LogP contribution in [0, 0.1) is 5.92 Å². The first-order valence-electron chi connectivity index (χ1n) is 16.1. The number of anilines is 2. The number of nitrogens with one attached hydrogen (secondary N) is 1. The van der Waals surface area contributed by atoms with Gasteiger partial charge in [-0.1, -0.05) is 41.4 Å². The molecule has 1 aliphatic carbocycles. The second-order valence-electron chi connectivity index (χ2n) is 13.1. The van der Waals surface area contributed by atoms with E-state index >= 15 is 0 Å². The molecule has 0 aromatic heterocycles. The minimum absolute atomic E-state index is 0.00241. The van der Waals surface area contributed by atoms with Gasteiger partial charge in [-0.05, 0) is 61.4 Å². The molecule has 10 nitrogen and oxygen atoms in total. The van der Waals surface area contributed by atoms with Gasteiger partial charge in [0, 0.05) is 57.1 Å². The predicted octanol–water partition coefficient (Wildman–Crippen LogP) is 4.67. The van der Waals surface area contributed by atoms with Crippen LogP contribution in [0.4, 0.5) is 11.4 Å². The average Bonchev–Trinajstić information content (AvgIpc) is 3.59. The van der Waals surface area contributed by atoms with Gasteiger partial charge in [0.15, 0.2) is 0 Å². The van der Waals surface area contributed by atoms with E-state index in [1.165, 1.54) is 0 Å². The highest BCUT2D eigenvalue weighted by molar-refractivity contribution is 6.36. The Morgan fingerprint density at radius 3 is 2.43 bits per heavy atom. The number of nitrogens with zero attached hydrogens (tertiary/aromatic N) is 3. The van der Waals surface area contributed by atoms with Gasteiger partial charge in [-0.3, -0.25) is 19.3 Å². The van der Waals surface area contributed by atoms with Crippen LogP contribution in [0.2, 0.25) is 10.0 Å². The number of ether oxygens (including phenoxy) is 2. The quantitative estimate of drug-likeness (QED) is 0.375. The summed E-state index contributed by atoms with van der Waals surface area (Å²) in [7, 11) is 3.69. The Kier molecular flexibility index (Phi) is 10.1. The molecule has 2 aromatic rings. The van der Waals surface area contributed by atoms with E-state index in [-0.39, 0.29) is 54.4 Å². The first kappa shape index (κ1) is 33.0. The summed E-state index contributed by atoms with van der Waals surface area (Å²) in [5, 5.41) is 13.0. The molecule has 248 valence electrons. The fraction of sp³-hybridized carbons (Fsp3) is 0.559. The van der Waals surface area contributed by atoms with Crippen molar-refractivity contribution in [2.24, 2.45) is 5.92 Å². The van der Waals surface area contributed by atoms with Crippen molar-refractivity contribution >= 4 is 52.4 Å². The number of methoxy groups -OCH3 is 1. The van der Waals surface area contributed by atoms with E-state index in [2.05, 4.69) is 15.1 Å². The van der Waals surface area contributed by atoms with Crippen LogP contribution in [0.1, 0.15) is 49.1 Å². The maximum atomic E-state index is 13.8. The number of halogens is 2. The predicted molar refractivity (Wildman–Crippen MR) is 177 cm³/mol. The lowest BCUT2D eigenvalue weighted by molar-refractivity contribution is -0.144. The smallest absolute Gasteiger partial charge is 0.306 e. The SMILES string of the molecule is COC1CN([C@H]2C[C@@H](CO[C@H]3CC[C@H](C(=O)O)CC3)N(C(=O)Cc3cc(Cl)c(NC(=O)C4CN(C)c5ccccc54)cc3Cl)C2)C1. The highest BCUT2D eigenvalue weighted by Gasteiger charge is 2.42. The van der Waals surface area contributed by atoms with E-state index in [4.69, 9.17) is 32.7 Å². The second-order valence-corrected chi connectivity index (χ2v) is 13.9. The third kappa shape index (κ3) is 7.01. The van der Waals surface area contributed by atoms with E-state index in [0.717, 1.165) is 30.8 Å².